The zero-order valence-corrected chi connectivity index (χ0v) is 23.7. The molecule has 0 saturated carbocycles. The smallest absolute Gasteiger partial charge is 0.150 e. The Labute approximate surface area is 207 Å². The van der Waals surface area contributed by atoms with Crippen LogP contribution in [0.15, 0.2) is 30.3 Å². The number of para-hydroxylation sites is 2. The maximum atomic E-state index is 5.26. The SMILES string of the molecule is CC.CC.CCCC(C)c1nc(C(C)(C)C)cc2nc(C(C)(C)C)n3c4ccccc4nc3c12. The van der Waals surface area contributed by atoms with Crippen molar-refractivity contribution in [3.05, 3.63) is 47.5 Å². The first-order valence-corrected chi connectivity index (χ1v) is 13.1. The lowest BCUT2D eigenvalue weighted by Gasteiger charge is -2.25. The number of fused-ring (bicyclic) bond motifs is 5. The summed E-state index contributed by atoms with van der Waals surface area (Å²) in [6, 6.07) is 10.6. The van der Waals surface area contributed by atoms with Gasteiger partial charge in [-0.1, -0.05) is 102 Å². The Morgan fingerprint density at radius 1 is 0.824 bits per heavy atom. The van der Waals surface area contributed by atoms with E-state index in [2.05, 4.69) is 90.1 Å². The molecule has 0 amide bonds. The maximum Gasteiger partial charge on any atom is 0.150 e. The Balaban J connectivity index is 0.000000970. The second-order valence-electron chi connectivity index (χ2n) is 10.7. The first kappa shape index (κ1) is 27.8. The number of hydrogen-bond donors (Lipinski definition) is 0. The maximum absolute atomic E-state index is 5.26. The molecule has 1 aromatic carbocycles. The van der Waals surface area contributed by atoms with E-state index >= 15 is 0 Å². The van der Waals surface area contributed by atoms with Crippen molar-refractivity contribution in [2.24, 2.45) is 0 Å². The standard InChI is InChI=1S/C26H34N4.2C2H6/c1-9-12-16(2)22-21-18(15-20(29-22)25(3,4)5)28-24(26(6,7)8)30-19-14-11-10-13-17(19)27-23(21)30;2*1-2/h10-11,13-16H,9,12H2,1-8H3;2*1-2H3. The van der Waals surface area contributed by atoms with E-state index in [9.17, 15) is 0 Å². The number of hydrogen-bond acceptors (Lipinski definition) is 3. The Kier molecular flexibility index (Phi) is 8.85. The Hall–Kier alpha value is -2.49. The molecule has 0 radical (unpaired) electrons. The van der Waals surface area contributed by atoms with Gasteiger partial charge < -0.3 is 0 Å². The number of rotatable bonds is 3. The lowest BCUT2D eigenvalue weighted by atomic mass is 9.89. The van der Waals surface area contributed by atoms with Crippen molar-refractivity contribution in [1.29, 1.82) is 0 Å². The van der Waals surface area contributed by atoms with Crippen LogP contribution in [0.1, 0.15) is 119 Å². The van der Waals surface area contributed by atoms with Gasteiger partial charge >= 0.3 is 0 Å². The molecule has 0 aliphatic carbocycles. The van der Waals surface area contributed by atoms with E-state index in [-0.39, 0.29) is 10.8 Å². The van der Waals surface area contributed by atoms with Gasteiger partial charge in [0, 0.05) is 16.5 Å². The van der Waals surface area contributed by atoms with Gasteiger partial charge in [-0.05, 0) is 30.5 Å². The minimum atomic E-state index is -0.115. The van der Waals surface area contributed by atoms with E-state index in [4.69, 9.17) is 15.0 Å². The molecule has 0 saturated heterocycles. The molecule has 0 N–H and O–H groups in total. The molecular weight excluding hydrogens is 416 g/mol. The van der Waals surface area contributed by atoms with Crippen molar-refractivity contribution in [3.63, 3.8) is 0 Å². The second kappa shape index (κ2) is 10.8. The molecule has 0 bridgehead atoms. The quantitative estimate of drug-likeness (QED) is 0.305. The van der Waals surface area contributed by atoms with E-state index in [1.54, 1.807) is 0 Å². The molecule has 34 heavy (non-hydrogen) atoms. The third-order valence-electron chi connectivity index (χ3n) is 5.88. The number of aromatic nitrogens is 4. The monoisotopic (exact) mass is 462 g/mol. The van der Waals surface area contributed by atoms with Crippen molar-refractivity contribution < 1.29 is 0 Å². The molecule has 0 aliphatic rings. The normalized spacial score (nSPS) is 12.8. The van der Waals surface area contributed by atoms with Crippen molar-refractivity contribution in [1.82, 2.24) is 19.4 Å². The number of pyridine rings is 1. The average molecular weight is 463 g/mol. The molecule has 4 aromatic rings. The van der Waals surface area contributed by atoms with Gasteiger partial charge in [-0.15, -0.1) is 0 Å². The molecule has 0 aliphatic heterocycles. The highest BCUT2D eigenvalue weighted by atomic mass is 15.1. The predicted molar refractivity (Wildman–Crippen MR) is 149 cm³/mol. The molecule has 186 valence electrons. The minimum Gasteiger partial charge on any atom is -0.279 e. The van der Waals surface area contributed by atoms with Crippen molar-refractivity contribution in [2.75, 3.05) is 0 Å². The highest BCUT2D eigenvalue weighted by molar-refractivity contribution is 5.98. The summed E-state index contributed by atoms with van der Waals surface area (Å²) in [7, 11) is 0. The Bertz CT molecular complexity index is 1240. The van der Waals surface area contributed by atoms with Crippen molar-refractivity contribution in [2.45, 2.75) is 113 Å². The van der Waals surface area contributed by atoms with Gasteiger partial charge in [-0.25, -0.2) is 9.97 Å². The minimum absolute atomic E-state index is 0.0370. The molecule has 0 fully saturated rings. The van der Waals surface area contributed by atoms with Gasteiger partial charge in [-0.3, -0.25) is 9.38 Å². The highest BCUT2D eigenvalue weighted by Gasteiger charge is 2.27. The molecular formula is C30H46N4. The van der Waals surface area contributed by atoms with E-state index in [0.29, 0.717) is 5.92 Å². The molecule has 3 heterocycles. The molecule has 3 aromatic heterocycles. The fourth-order valence-electron chi connectivity index (χ4n) is 4.25. The predicted octanol–water partition coefficient (Wildman–Crippen LogP) is 8.98. The van der Waals surface area contributed by atoms with Crippen LogP contribution in [0, 0.1) is 0 Å². The number of nitrogens with zero attached hydrogens (tertiary/aromatic N) is 4. The number of benzene rings is 1. The molecule has 0 spiro atoms. The van der Waals surface area contributed by atoms with Crippen LogP contribution in [0.3, 0.4) is 0 Å². The Morgan fingerprint density at radius 3 is 2.00 bits per heavy atom. The lowest BCUT2D eigenvalue weighted by molar-refractivity contribution is 0.540. The van der Waals surface area contributed by atoms with Gasteiger partial charge in [0.15, 0.2) is 5.65 Å². The average Bonchev–Trinajstić information content (AvgIpc) is 3.19. The summed E-state index contributed by atoms with van der Waals surface area (Å²) in [4.78, 5) is 15.6. The number of imidazole rings is 1. The summed E-state index contributed by atoms with van der Waals surface area (Å²) in [5.74, 6) is 1.39. The third kappa shape index (κ3) is 5.26. The summed E-state index contributed by atoms with van der Waals surface area (Å²) in [5.41, 5.74) is 6.19. The fourth-order valence-corrected chi connectivity index (χ4v) is 4.25. The molecule has 1 atom stereocenters. The Morgan fingerprint density at radius 2 is 1.44 bits per heavy atom. The first-order valence-electron chi connectivity index (χ1n) is 13.1. The third-order valence-corrected chi connectivity index (χ3v) is 5.88. The largest absolute Gasteiger partial charge is 0.279 e. The van der Waals surface area contributed by atoms with Crippen LogP contribution in [-0.4, -0.2) is 19.4 Å². The fraction of sp³-hybridized carbons (Fsp3) is 0.567. The first-order chi connectivity index (χ1) is 16.0. The van der Waals surface area contributed by atoms with Crippen molar-refractivity contribution >= 4 is 27.6 Å². The summed E-state index contributed by atoms with van der Waals surface area (Å²) >= 11 is 0. The van der Waals surface area contributed by atoms with Crippen LogP contribution in [0.2, 0.25) is 0 Å². The van der Waals surface area contributed by atoms with Crippen LogP contribution in [0.4, 0.5) is 0 Å². The summed E-state index contributed by atoms with van der Waals surface area (Å²) in [6.07, 6.45) is 2.23. The highest BCUT2D eigenvalue weighted by Crippen LogP contribution is 2.36. The second-order valence-corrected chi connectivity index (χ2v) is 10.7. The lowest BCUT2D eigenvalue weighted by Crippen LogP contribution is -2.21. The van der Waals surface area contributed by atoms with Crippen LogP contribution in [-0.2, 0) is 10.8 Å². The van der Waals surface area contributed by atoms with Crippen LogP contribution >= 0.6 is 0 Å². The van der Waals surface area contributed by atoms with Gasteiger partial charge in [-0.2, -0.15) is 0 Å². The summed E-state index contributed by atoms with van der Waals surface area (Å²) in [5, 5.41) is 1.10. The van der Waals surface area contributed by atoms with E-state index in [1.807, 2.05) is 27.7 Å². The van der Waals surface area contributed by atoms with Gasteiger partial charge in [0.25, 0.3) is 0 Å². The van der Waals surface area contributed by atoms with E-state index < -0.39 is 0 Å². The zero-order chi connectivity index (χ0) is 25.8. The van der Waals surface area contributed by atoms with Gasteiger partial charge in [0.1, 0.15) is 5.82 Å². The van der Waals surface area contributed by atoms with Crippen LogP contribution in [0.25, 0.3) is 27.6 Å². The van der Waals surface area contributed by atoms with Gasteiger partial charge in [0.2, 0.25) is 0 Å². The van der Waals surface area contributed by atoms with Crippen molar-refractivity contribution in [3.8, 4) is 0 Å². The summed E-state index contributed by atoms with van der Waals surface area (Å²) < 4.78 is 2.26. The van der Waals surface area contributed by atoms with E-state index in [1.165, 1.54) is 0 Å². The molecule has 4 rings (SSSR count). The van der Waals surface area contributed by atoms with Crippen LogP contribution in [0.5, 0.6) is 0 Å². The topological polar surface area (TPSA) is 43.1 Å². The van der Waals surface area contributed by atoms with E-state index in [0.717, 1.165) is 57.6 Å². The van der Waals surface area contributed by atoms with Gasteiger partial charge in [0.05, 0.1) is 27.6 Å². The zero-order valence-electron chi connectivity index (χ0n) is 23.7. The van der Waals surface area contributed by atoms with Crippen LogP contribution < -0.4 is 0 Å². The molecule has 1 unspecified atom stereocenters. The molecule has 4 heteroatoms. The summed E-state index contributed by atoms with van der Waals surface area (Å²) in [6.45, 7) is 25.9. The molecule has 4 nitrogen and oxygen atoms in total.